The van der Waals surface area contributed by atoms with Crippen LogP contribution in [-0.2, 0) is 42.2 Å². The molecule has 0 heterocycles. The predicted molar refractivity (Wildman–Crippen MR) is 31.0 cm³/mol. The van der Waals surface area contributed by atoms with E-state index in [2.05, 4.69) is 11.3 Å². The molecule has 0 spiro atoms. The Bertz CT molecular complexity index is 118. The molecule has 2 nitrogen and oxygen atoms in total. The van der Waals surface area contributed by atoms with Crippen molar-refractivity contribution < 1.29 is 42.2 Å². The first-order valence-electron chi connectivity index (χ1n) is 2.08. The van der Waals surface area contributed by atoms with Crippen LogP contribution < -0.4 is 0 Å². The van der Waals surface area contributed by atoms with Crippen molar-refractivity contribution in [1.29, 1.82) is 0 Å². The van der Waals surface area contributed by atoms with Gasteiger partial charge in [0.1, 0.15) is 0 Å². The van der Waals surface area contributed by atoms with Gasteiger partial charge in [-0.05, 0) is 6.29 Å². The molecule has 9 heavy (non-hydrogen) atoms. The number of carbonyl (C=O) groups excluding carboxylic acids is 1. The monoisotopic (exact) mass is 200 g/mol. The van der Waals surface area contributed by atoms with E-state index in [1.807, 2.05) is 0 Å². The van der Waals surface area contributed by atoms with Crippen molar-refractivity contribution >= 4 is 6.29 Å². The Balaban J connectivity index is 0. The second-order valence-electron chi connectivity index (χ2n) is 1.12. The van der Waals surface area contributed by atoms with Crippen LogP contribution in [0.1, 0.15) is 0 Å². The molecule has 0 aliphatic carbocycles. The van der Waals surface area contributed by atoms with E-state index < -0.39 is 0 Å². The van der Waals surface area contributed by atoms with Crippen molar-refractivity contribution in [1.82, 2.24) is 0 Å². The van der Waals surface area contributed by atoms with E-state index in [0.717, 1.165) is 0 Å². The summed E-state index contributed by atoms with van der Waals surface area (Å²) in [6, 6.07) is 0. The molecule has 0 aromatic carbocycles. The van der Waals surface area contributed by atoms with Gasteiger partial charge >= 0.3 is 32.7 Å². The molecule has 0 unspecified atom stereocenters. The largest absolute Gasteiger partial charge is 3.00 e. The number of allylic oxidation sites excluding steroid dienone is 2. The zero-order chi connectivity index (χ0) is 6.41. The predicted octanol–water partition coefficient (Wildman–Crippen LogP) is 0.810. The van der Waals surface area contributed by atoms with Crippen LogP contribution in [-0.4, -0.2) is 13.4 Å². The van der Waals surface area contributed by atoms with Crippen molar-refractivity contribution in [2.45, 2.75) is 0 Å². The van der Waals surface area contributed by atoms with Crippen molar-refractivity contribution in [2.75, 3.05) is 7.11 Å². The van der Waals surface area contributed by atoms with Crippen molar-refractivity contribution in [3.05, 3.63) is 24.5 Å². The molecule has 3 heteroatoms. The number of methoxy groups -OCH3 is 1. The fourth-order valence-electron chi connectivity index (χ4n) is 0.195. The maximum Gasteiger partial charge on any atom is 3.00 e. The Kier molecular flexibility index (Phi) is 10.6. The summed E-state index contributed by atoms with van der Waals surface area (Å²) >= 11 is 0. The molecule has 0 atom stereocenters. The number of hydrogen-bond acceptors (Lipinski definition) is 2. The molecule has 0 bridgehead atoms. The van der Waals surface area contributed by atoms with E-state index in [1.165, 1.54) is 19.3 Å². The maximum atomic E-state index is 9.52. The van der Waals surface area contributed by atoms with Crippen LogP contribution >= 0.6 is 0 Å². The molecule has 0 amide bonds. The molecule has 0 aliphatic heterocycles. The third kappa shape index (κ3) is 8.05. The maximum absolute atomic E-state index is 9.52. The van der Waals surface area contributed by atoms with Gasteiger partial charge in [0, 0.05) is 5.76 Å². The molecule has 0 aromatic rings. The zero-order valence-electron chi connectivity index (χ0n) is 5.26. The fraction of sp³-hybridized carbons (Fsp3) is 0.167. The quantitative estimate of drug-likeness (QED) is 0.291. The molecule has 0 aliphatic rings. The minimum atomic E-state index is 0. The van der Waals surface area contributed by atoms with Crippen LogP contribution in [0, 0.1) is 0 Å². The minimum Gasteiger partial charge on any atom is -0.516 e. The van der Waals surface area contributed by atoms with E-state index in [9.17, 15) is 4.79 Å². The third-order valence-electron chi connectivity index (χ3n) is 0.599. The van der Waals surface area contributed by atoms with Crippen LogP contribution in [0.25, 0.3) is 0 Å². The summed E-state index contributed by atoms with van der Waals surface area (Å²) < 4.78 is 4.59. The van der Waals surface area contributed by atoms with Crippen LogP contribution in [0.4, 0.5) is 0 Å². The van der Waals surface area contributed by atoms with E-state index in [4.69, 9.17) is 0 Å². The van der Waals surface area contributed by atoms with Gasteiger partial charge < -0.3 is 9.53 Å². The first-order chi connectivity index (χ1) is 3.81. The van der Waals surface area contributed by atoms with Crippen molar-refractivity contribution in [3.63, 3.8) is 0 Å². The molecule has 44 valence electrons. The van der Waals surface area contributed by atoms with Gasteiger partial charge in [0.25, 0.3) is 0 Å². The zero-order valence-corrected chi connectivity index (χ0v) is 8.09. The summed E-state index contributed by atoms with van der Waals surface area (Å²) in [6.45, 7) is 3.42. The third-order valence-corrected chi connectivity index (χ3v) is 0.599. The average Bonchev–Trinajstić information content (AvgIpc) is 1.83. The van der Waals surface area contributed by atoms with Gasteiger partial charge in [-0.15, -0.1) is 0 Å². The van der Waals surface area contributed by atoms with Gasteiger partial charge in [-0.2, -0.15) is 12.2 Å². The second-order valence-corrected chi connectivity index (χ2v) is 1.12. The topological polar surface area (TPSA) is 26.3 Å². The molecule has 0 rings (SSSR count). The minimum absolute atomic E-state index is 0. The molecule has 0 aromatic heterocycles. The first kappa shape index (κ1) is 11.8. The van der Waals surface area contributed by atoms with Crippen molar-refractivity contribution in [2.24, 2.45) is 0 Å². The molecule has 0 radical (unpaired) electrons. The summed E-state index contributed by atoms with van der Waals surface area (Å²) in [7, 11) is 1.48. The van der Waals surface area contributed by atoms with Crippen LogP contribution in [0.2, 0.25) is 0 Å². The van der Waals surface area contributed by atoms with Crippen LogP contribution in [0.5, 0.6) is 0 Å². The van der Waals surface area contributed by atoms with E-state index in [-0.39, 0.29) is 32.7 Å². The number of rotatable bonds is 3. The number of hydrogen-bond donors (Lipinski definition) is 0. The van der Waals surface area contributed by atoms with Crippen LogP contribution in [0.3, 0.4) is 0 Å². The molecular formula is C6H7O2Y+2. The SMILES string of the molecule is C=C(/C=C/[C-]=O)OC.[Y+3]. The van der Waals surface area contributed by atoms with Gasteiger partial charge in [0.2, 0.25) is 0 Å². The Morgan fingerprint density at radius 2 is 2.33 bits per heavy atom. The Labute approximate surface area is 79.8 Å². The second kappa shape index (κ2) is 8.05. The summed E-state index contributed by atoms with van der Waals surface area (Å²) in [5.74, 6) is 0.452. The molecule has 0 fully saturated rings. The standard InChI is InChI=1S/C6H7O2.Y/c1-6(8-2)4-3-5-7;/h3-4H,1H2,2H3;/q-1;+3/b4-3+;. The summed E-state index contributed by atoms with van der Waals surface area (Å²) in [5.41, 5.74) is 0. The normalized spacial score (nSPS) is 8.11. The Morgan fingerprint density at radius 3 is 2.67 bits per heavy atom. The van der Waals surface area contributed by atoms with Gasteiger partial charge in [0.15, 0.2) is 0 Å². The summed E-state index contributed by atoms with van der Waals surface area (Å²) in [6.07, 6.45) is 4.20. The van der Waals surface area contributed by atoms with Gasteiger partial charge in [0.05, 0.1) is 7.11 Å². The smallest absolute Gasteiger partial charge is 0.516 e. The van der Waals surface area contributed by atoms with Crippen molar-refractivity contribution in [3.8, 4) is 0 Å². The van der Waals surface area contributed by atoms with Crippen LogP contribution in [0.15, 0.2) is 24.5 Å². The van der Waals surface area contributed by atoms with Gasteiger partial charge in [-0.1, -0.05) is 6.58 Å². The van der Waals surface area contributed by atoms with E-state index >= 15 is 0 Å². The van der Waals surface area contributed by atoms with Gasteiger partial charge in [-0.3, -0.25) is 0 Å². The summed E-state index contributed by atoms with van der Waals surface area (Å²) in [4.78, 5) is 9.52. The molecule has 0 N–H and O–H groups in total. The fourth-order valence-corrected chi connectivity index (χ4v) is 0.195. The molecule has 0 saturated carbocycles. The Hall–Kier alpha value is 0.0539. The average molecular weight is 200 g/mol. The van der Waals surface area contributed by atoms with E-state index in [1.54, 1.807) is 6.29 Å². The molecule has 0 saturated heterocycles. The summed E-state index contributed by atoms with van der Waals surface area (Å²) in [5, 5.41) is 0. The molecular weight excluding hydrogens is 193 g/mol. The van der Waals surface area contributed by atoms with E-state index in [0.29, 0.717) is 5.76 Å². The van der Waals surface area contributed by atoms with Gasteiger partial charge in [-0.25, -0.2) is 0 Å². The first-order valence-corrected chi connectivity index (χ1v) is 2.08. The Morgan fingerprint density at radius 1 is 1.78 bits per heavy atom. The number of ether oxygens (including phenoxy) is 1.